The van der Waals surface area contributed by atoms with E-state index >= 15 is 0 Å². The Balaban J connectivity index is 2.58. The molecule has 0 aliphatic rings. The van der Waals surface area contributed by atoms with Gasteiger partial charge in [0, 0.05) is 29.2 Å². The topological polar surface area (TPSA) is 62.7 Å². The first-order valence-corrected chi connectivity index (χ1v) is 8.11. The lowest BCUT2D eigenvalue weighted by Gasteiger charge is -2.27. The molecule has 1 aromatic heterocycles. The number of fused-ring (bicyclic) bond motifs is 1. The number of hydrogen-bond donors (Lipinski definition) is 1. The van der Waals surface area contributed by atoms with E-state index in [1.807, 2.05) is 0 Å². The average Bonchev–Trinajstić information content (AvgIpc) is 2.58. The number of aliphatic hydroxyl groups excluding tert-OH is 1. The normalized spacial score (nSPS) is 12.7. The van der Waals surface area contributed by atoms with Gasteiger partial charge in [-0.3, -0.25) is 4.98 Å². The molecule has 1 unspecified atom stereocenters. The second kappa shape index (κ2) is 7.96. The Bertz CT molecular complexity index is 827. The van der Waals surface area contributed by atoms with Crippen LogP contribution in [0, 0.1) is 6.92 Å². The summed E-state index contributed by atoms with van der Waals surface area (Å²) in [5.41, 5.74) is -0.322. The highest BCUT2D eigenvalue weighted by atomic mass is 32.1. The minimum absolute atomic E-state index is 0.194. The molecule has 1 atom stereocenters. The number of aryl methyl sites for hydroxylation is 1. The zero-order valence-corrected chi connectivity index (χ0v) is 14.9. The van der Waals surface area contributed by atoms with Gasteiger partial charge in [0.1, 0.15) is 6.61 Å². The fourth-order valence-electron chi connectivity index (χ4n) is 2.56. The molecule has 1 N–H and O–H groups in total. The van der Waals surface area contributed by atoms with Crippen molar-refractivity contribution in [2.45, 2.75) is 19.1 Å². The van der Waals surface area contributed by atoms with Crippen molar-refractivity contribution >= 4 is 40.1 Å². The molecule has 9 heteroatoms. The number of para-hydroxylation sites is 1. The maximum absolute atomic E-state index is 13.3. The number of aromatic nitrogens is 1. The number of hydrogen-bond acceptors (Lipinski definition) is 6. The fourth-order valence-corrected chi connectivity index (χ4v) is 2.86. The number of likely N-dealkylation sites (N-methyl/N-ethyl adjacent to an activating group) is 1. The summed E-state index contributed by atoms with van der Waals surface area (Å²) in [6.07, 6.45) is -4.56. The Morgan fingerprint density at radius 2 is 2.15 bits per heavy atom. The van der Waals surface area contributed by atoms with E-state index in [9.17, 15) is 18.0 Å². The first-order valence-electron chi connectivity index (χ1n) is 7.64. The summed E-state index contributed by atoms with van der Waals surface area (Å²) in [6, 6.07) is 4.33. The van der Waals surface area contributed by atoms with Crippen molar-refractivity contribution in [3.8, 4) is 0 Å². The number of thiocarbonyl (C=S) groups is 1. The highest BCUT2D eigenvalue weighted by molar-refractivity contribution is 7.79. The molecule has 0 fully saturated rings. The lowest BCUT2D eigenvalue weighted by atomic mass is 10.1. The number of benzene rings is 1. The molecule has 0 aliphatic carbocycles. The molecular weight excluding hydrogens is 369 g/mol. The Morgan fingerprint density at radius 1 is 1.46 bits per heavy atom. The van der Waals surface area contributed by atoms with Crippen molar-refractivity contribution in [3.63, 3.8) is 0 Å². The maximum Gasteiger partial charge on any atom is 0.418 e. The second-order valence-electron chi connectivity index (χ2n) is 5.57. The second-order valence-corrected chi connectivity index (χ2v) is 5.84. The number of ether oxygens (including phenoxy) is 1. The molecule has 2 rings (SSSR count). The summed E-state index contributed by atoms with van der Waals surface area (Å²) in [4.78, 5) is 17.6. The molecule has 5 nitrogen and oxygen atoms in total. The molecule has 0 spiro atoms. The zero-order valence-electron chi connectivity index (χ0n) is 14.1. The van der Waals surface area contributed by atoms with E-state index in [0.29, 0.717) is 11.4 Å². The van der Waals surface area contributed by atoms with Crippen molar-refractivity contribution in [2.75, 3.05) is 25.2 Å². The van der Waals surface area contributed by atoms with E-state index in [4.69, 9.17) is 22.1 Å². The van der Waals surface area contributed by atoms with Crippen molar-refractivity contribution in [1.82, 2.24) is 4.98 Å². The molecule has 0 radical (unpaired) electrons. The van der Waals surface area contributed by atoms with Gasteiger partial charge in [0.05, 0.1) is 17.7 Å². The monoisotopic (exact) mass is 386 g/mol. The first kappa shape index (κ1) is 20.1. The molecule has 0 saturated carbocycles. The third-order valence-corrected chi connectivity index (χ3v) is 4.01. The molecule has 2 aromatic rings. The Hall–Kier alpha value is -2.26. The highest BCUT2D eigenvalue weighted by Gasteiger charge is 2.34. The third kappa shape index (κ3) is 4.10. The smallest absolute Gasteiger partial charge is 0.418 e. The van der Waals surface area contributed by atoms with Crippen LogP contribution in [0.15, 0.2) is 24.3 Å². The van der Waals surface area contributed by atoms with Gasteiger partial charge in [0.2, 0.25) is 0 Å². The molecular formula is C17H17F3N2O3S. The van der Waals surface area contributed by atoms with Crippen LogP contribution in [0.2, 0.25) is 0 Å². The maximum atomic E-state index is 13.3. The van der Waals surface area contributed by atoms with Crippen molar-refractivity contribution in [2.24, 2.45) is 0 Å². The van der Waals surface area contributed by atoms with Gasteiger partial charge in [0.15, 0.2) is 6.04 Å². The van der Waals surface area contributed by atoms with Gasteiger partial charge in [-0.25, -0.2) is 4.79 Å². The van der Waals surface area contributed by atoms with Crippen molar-refractivity contribution in [3.05, 3.63) is 35.5 Å². The fraction of sp³-hybridized carbons (Fsp3) is 0.353. The van der Waals surface area contributed by atoms with Crippen LogP contribution < -0.4 is 4.90 Å². The SMILES string of the molecule is Cc1cc(N(C)C(C=S)C(=O)OCCO)c2cccc(C(F)(F)F)c2n1. The molecule has 0 saturated heterocycles. The summed E-state index contributed by atoms with van der Waals surface area (Å²) in [7, 11) is 1.53. The number of halogens is 3. The summed E-state index contributed by atoms with van der Waals surface area (Å²) < 4.78 is 44.8. The molecule has 1 aromatic carbocycles. The molecule has 0 amide bonds. The van der Waals surface area contributed by atoms with Gasteiger partial charge < -0.3 is 14.7 Å². The number of rotatable bonds is 6. The van der Waals surface area contributed by atoms with Gasteiger partial charge in [-0.05, 0) is 19.1 Å². The lowest BCUT2D eigenvalue weighted by Crippen LogP contribution is -2.41. The number of carbonyl (C=O) groups excluding carboxylic acids is 1. The minimum atomic E-state index is -4.56. The van der Waals surface area contributed by atoms with E-state index in [0.717, 1.165) is 11.4 Å². The van der Waals surface area contributed by atoms with Crippen LogP contribution in [-0.2, 0) is 15.7 Å². The summed E-state index contributed by atoms with van der Waals surface area (Å²) in [5, 5.41) is 10.2. The number of esters is 1. The predicted octanol–water partition coefficient (Wildman–Crippen LogP) is 2.90. The standard InChI is InChI=1S/C17H17F3N2O3S/c1-10-8-13(22(2)14(9-26)16(24)25-7-6-23)11-4-3-5-12(15(11)21-10)17(18,19)20/h3-5,8-9,14,23H,6-7H2,1-2H3. The number of nitrogens with zero attached hydrogens (tertiary/aromatic N) is 2. The van der Waals surface area contributed by atoms with Gasteiger partial charge in [-0.1, -0.05) is 24.4 Å². The van der Waals surface area contributed by atoms with Crippen LogP contribution in [0.3, 0.4) is 0 Å². The number of pyridine rings is 1. The lowest BCUT2D eigenvalue weighted by molar-refractivity contribution is -0.144. The van der Waals surface area contributed by atoms with E-state index in [1.54, 1.807) is 13.0 Å². The van der Waals surface area contributed by atoms with E-state index < -0.39 is 23.8 Å². The third-order valence-electron chi connectivity index (χ3n) is 3.75. The predicted molar refractivity (Wildman–Crippen MR) is 95.4 cm³/mol. The van der Waals surface area contributed by atoms with Crippen LogP contribution in [0.5, 0.6) is 0 Å². The van der Waals surface area contributed by atoms with E-state index in [-0.39, 0.29) is 24.1 Å². The van der Waals surface area contributed by atoms with Crippen molar-refractivity contribution in [1.29, 1.82) is 0 Å². The quantitative estimate of drug-likeness (QED) is 0.609. The van der Waals surface area contributed by atoms with Gasteiger partial charge in [-0.2, -0.15) is 13.2 Å². The summed E-state index contributed by atoms with van der Waals surface area (Å²) >= 11 is 4.89. The minimum Gasteiger partial charge on any atom is -0.461 e. The van der Waals surface area contributed by atoms with Gasteiger partial charge >= 0.3 is 12.1 Å². The van der Waals surface area contributed by atoms with E-state index in [1.165, 1.54) is 24.1 Å². The van der Waals surface area contributed by atoms with Crippen LogP contribution in [0.25, 0.3) is 10.9 Å². The van der Waals surface area contributed by atoms with Crippen LogP contribution in [0.4, 0.5) is 18.9 Å². The molecule has 1 heterocycles. The Labute approximate surface area is 153 Å². The average molecular weight is 386 g/mol. The summed E-state index contributed by atoms with van der Waals surface area (Å²) in [6.45, 7) is 1.03. The first-order chi connectivity index (χ1) is 12.2. The van der Waals surface area contributed by atoms with Crippen LogP contribution in [0.1, 0.15) is 11.3 Å². The van der Waals surface area contributed by atoms with Crippen molar-refractivity contribution < 1.29 is 27.8 Å². The molecule has 0 aliphatic heterocycles. The Kier molecular flexibility index (Phi) is 6.14. The summed E-state index contributed by atoms with van der Waals surface area (Å²) in [5.74, 6) is -0.703. The zero-order chi connectivity index (χ0) is 19.5. The number of aliphatic hydroxyl groups is 1. The number of alkyl halides is 3. The number of carbonyl (C=O) groups is 1. The molecule has 26 heavy (non-hydrogen) atoms. The Morgan fingerprint density at radius 3 is 2.73 bits per heavy atom. The number of anilines is 1. The molecule has 140 valence electrons. The van der Waals surface area contributed by atoms with Crippen LogP contribution in [-0.4, -0.2) is 47.7 Å². The van der Waals surface area contributed by atoms with E-state index in [2.05, 4.69) is 4.98 Å². The van der Waals surface area contributed by atoms with Gasteiger partial charge in [-0.15, -0.1) is 0 Å². The van der Waals surface area contributed by atoms with Gasteiger partial charge in [0.25, 0.3) is 0 Å². The highest BCUT2D eigenvalue weighted by Crippen LogP contribution is 2.37. The molecule has 0 bridgehead atoms. The largest absolute Gasteiger partial charge is 0.461 e. The van der Waals surface area contributed by atoms with Crippen LogP contribution >= 0.6 is 12.2 Å².